The highest BCUT2D eigenvalue weighted by Crippen LogP contribution is 2.33. The van der Waals surface area contributed by atoms with Crippen LogP contribution in [0, 0.1) is 13.8 Å². The Morgan fingerprint density at radius 3 is 2.90 bits per heavy atom. The largest absolute Gasteiger partial charge is 0.399 e. The highest BCUT2D eigenvalue weighted by atomic mass is 15.4. The normalized spacial score (nSPS) is 17.6. The lowest BCUT2D eigenvalue weighted by atomic mass is 10.00. The Morgan fingerprint density at radius 2 is 2.20 bits per heavy atom. The van der Waals surface area contributed by atoms with Crippen molar-refractivity contribution in [2.24, 2.45) is 0 Å². The van der Waals surface area contributed by atoms with E-state index in [9.17, 15) is 0 Å². The van der Waals surface area contributed by atoms with Gasteiger partial charge in [-0.05, 0) is 43.9 Å². The van der Waals surface area contributed by atoms with Crippen molar-refractivity contribution in [3.63, 3.8) is 0 Å². The van der Waals surface area contributed by atoms with E-state index >= 15 is 0 Å². The lowest BCUT2D eigenvalue weighted by molar-refractivity contribution is 0.478. The zero-order chi connectivity index (χ0) is 14.3. The monoisotopic (exact) mass is 270 g/mol. The lowest BCUT2D eigenvalue weighted by Gasteiger charge is -2.27. The molecule has 3 N–H and O–H groups in total. The van der Waals surface area contributed by atoms with Crippen LogP contribution in [0.5, 0.6) is 0 Å². The Morgan fingerprint density at radius 1 is 1.40 bits per heavy atom. The van der Waals surface area contributed by atoms with Crippen LogP contribution in [0.15, 0.2) is 18.2 Å². The van der Waals surface area contributed by atoms with Gasteiger partial charge in [-0.15, -0.1) is 0 Å². The molecule has 0 aliphatic carbocycles. The number of nitrogens with zero attached hydrogens (tertiary/aromatic N) is 2. The van der Waals surface area contributed by atoms with Crippen molar-refractivity contribution in [1.82, 2.24) is 9.78 Å². The summed E-state index contributed by atoms with van der Waals surface area (Å²) in [6.07, 6.45) is 2.01. The molecular weight excluding hydrogens is 248 g/mol. The van der Waals surface area contributed by atoms with E-state index in [0.717, 1.165) is 36.5 Å². The number of hydrogen-bond acceptors (Lipinski definition) is 3. The third-order valence-corrected chi connectivity index (χ3v) is 4.27. The average Bonchev–Trinajstić information content (AvgIpc) is 2.79. The third kappa shape index (κ3) is 1.96. The molecule has 0 radical (unpaired) electrons. The van der Waals surface area contributed by atoms with E-state index in [1.165, 1.54) is 16.8 Å². The first-order chi connectivity index (χ1) is 9.61. The second-order valence-corrected chi connectivity index (χ2v) is 5.57. The van der Waals surface area contributed by atoms with E-state index in [4.69, 9.17) is 10.8 Å². The number of fused-ring (bicyclic) bond motifs is 1. The van der Waals surface area contributed by atoms with Gasteiger partial charge in [-0.25, -0.2) is 4.68 Å². The predicted octanol–water partition coefficient (Wildman–Crippen LogP) is 3.05. The molecule has 0 saturated heterocycles. The van der Waals surface area contributed by atoms with Crippen molar-refractivity contribution in [3.8, 4) is 0 Å². The molecule has 2 heterocycles. The van der Waals surface area contributed by atoms with Crippen LogP contribution in [-0.2, 0) is 6.42 Å². The van der Waals surface area contributed by atoms with Crippen LogP contribution in [0.2, 0.25) is 0 Å². The number of nitrogens with one attached hydrogen (secondary N) is 1. The number of benzene rings is 1. The lowest BCUT2D eigenvalue weighted by Crippen LogP contribution is -2.24. The number of hydrogen-bond donors (Lipinski definition) is 2. The van der Waals surface area contributed by atoms with Crippen molar-refractivity contribution >= 4 is 11.5 Å². The number of aromatic nitrogens is 2. The van der Waals surface area contributed by atoms with Gasteiger partial charge in [-0.2, -0.15) is 5.10 Å². The summed E-state index contributed by atoms with van der Waals surface area (Å²) in [5.41, 5.74) is 11.8. The summed E-state index contributed by atoms with van der Waals surface area (Å²) in [5.74, 6) is 1.16. The molecule has 1 aromatic carbocycles. The Labute approximate surface area is 120 Å². The topological polar surface area (TPSA) is 55.9 Å². The minimum absolute atomic E-state index is 0.285. The average molecular weight is 270 g/mol. The van der Waals surface area contributed by atoms with E-state index in [1.807, 2.05) is 6.92 Å². The summed E-state index contributed by atoms with van der Waals surface area (Å²) in [7, 11) is 0. The van der Waals surface area contributed by atoms with Crippen molar-refractivity contribution < 1.29 is 0 Å². The Hall–Kier alpha value is -1.97. The molecule has 3 rings (SSSR count). The van der Waals surface area contributed by atoms with Gasteiger partial charge in [0.15, 0.2) is 0 Å². The smallest absolute Gasteiger partial charge is 0.128 e. The van der Waals surface area contributed by atoms with Gasteiger partial charge in [0.25, 0.3) is 0 Å². The molecule has 1 atom stereocenters. The molecule has 0 saturated carbocycles. The number of aryl methyl sites for hydroxylation is 2. The number of nitrogens with two attached hydrogens (primary N) is 1. The number of rotatable bonds is 2. The number of nitrogen functional groups attached to an aromatic ring is 1. The molecule has 1 unspecified atom stereocenters. The van der Waals surface area contributed by atoms with E-state index in [1.54, 1.807) is 0 Å². The fourth-order valence-corrected chi connectivity index (χ4v) is 2.96. The molecular formula is C16H22N4. The minimum Gasteiger partial charge on any atom is -0.399 e. The van der Waals surface area contributed by atoms with Crippen LogP contribution < -0.4 is 11.1 Å². The molecule has 1 aliphatic heterocycles. The molecule has 2 aromatic rings. The quantitative estimate of drug-likeness (QED) is 0.825. The molecule has 20 heavy (non-hydrogen) atoms. The maximum Gasteiger partial charge on any atom is 0.128 e. The Bertz CT molecular complexity index is 642. The Kier molecular flexibility index (Phi) is 3.16. The first kappa shape index (κ1) is 13.0. The van der Waals surface area contributed by atoms with Crippen LogP contribution >= 0.6 is 0 Å². The van der Waals surface area contributed by atoms with Crippen LogP contribution in [0.25, 0.3) is 0 Å². The Balaban J connectivity index is 2.07. The van der Waals surface area contributed by atoms with E-state index in [-0.39, 0.29) is 6.04 Å². The molecule has 0 spiro atoms. The summed E-state index contributed by atoms with van der Waals surface area (Å²) in [5, 5.41) is 8.27. The third-order valence-electron chi connectivity index (χ3n) is 4.27. The zero-order valence-electron chi connectivity index (χ0n) is 12.4. The summed E-state index contributed by atoms with van der Waals surface area (Å²) in [6.45, 7) is 7.32. The highest BCUT2D eigenvalue weighted by molar-refractivity contribution is 5.52. The minimum atomic E-state index is 0.285. The summed E-state index contributed by atoms with van der Waals surface area (Å²) in [6, 6.07) is 6.66. The van der Waals surface area contributed by atoms with Crippen molar-refractivity contribution in [2.45, 2.75) is 39.7 Å². The molecule has 0 fully saturated rings. The maximum absolute atomic E-state index is 6.06. The van der Waals surface area contributed by atoms with Crippen molar-refractivity contribution in [3.05, 3.63) is 40.6 Å². The first-order valence-corrected chi connectivity index (χ1v) is 7.29. The summed E-state index contributed by atoms with van der Waals surface area (Å²) < 4.78 is 2.14. The van der Waals surface area contributed by atoms with E-state index in [2.05, 4.69) is 42.0 Å². The number of anilines is 2. The van der Waals surface area contributed by atoms with Gasteiger partial charge < -0.3 is 11.1 Å². The standard InChI is InChI=1S/C16H22N4/c1-4-14-11(3)16-18-8-7-15(20(16)19-14)12-6-5-10(2)13(17)9-12/h5-6,9,15,18H,4,7-8,17H2,1-3H3. The molecule has 4 heteroatoms. The van der Waals surface area contributed by atoms with Gasteiger partial charge in [-0.3, -0.25) is 0 Å². The molecule has 1 aromatic heterocycles. The molecule has 4 nitrogen and oxygen atoms in total. The van der Waals surface area contributed by atoms with Gasteiger partial charge in [-0.1, -0.05) is 19.1 Å². The first-order valence-electron chi connectivity index (χ1n) is 7.29. The zero-order valence-corrected chi connectivity index (χ0v) is 12.4. The molecule has 1 aliphatic rings. The van der Waals surface area contributed by atoms with Crippen molar-refractivity contribution in [2.75, 3.05) is 17.6 Å². The van der Waals surface area contributed by atoms with Crippen molar-refractivity contribution in [1.29, 1.82) is 0 Å². The van der Waals surface area contributed by atoms with Gasteiger partial charge >= 0.3 is 0 Å². The van der Waals surface area contributed by atoms with Crippen LogP contribution in [0.3, 0.4) is 0 Å². The highest BCUT2D eigenvalue weighted by Gasteiger charge is 2.25. The second kappa shape index (κ2) is 4.85. The molecule has 0 bridgehead atoms. The maximum atomic E-state index is 6.06. The fraction of sp³-hybridized carbons (Fsp3) is 0.438. The van der Waals surface area contributed by atoms with Gasteiger partial charge in [0.2, 0.25) is 0 Å². The molecule has 106 valence electrons. The van der Waals surface area contributed by atoms with Crippen LogP contribution in [0.1, 0.15) is 41.8 Å². The molecule has 0 amide bonds. The van der Waals surface area contributed by atoms with Gasteiger partial charge in [0, 0.05) is 17.8 Å². The van der Waals surface area contributed by atoms with E-state index in [0.29, 0.717) is 0 Å². The summed E-state index contributed by atoms with van der Waals surface area (Å²) >= 11 is 0. The SMILES string of the molecule is CCc1nn2c(c1C)NCCC2c1ccc(C)c(N)c1. The second-order valence-electron chi connectivity index (χ2n) is 5.57. The predicted molar refractivity (Wildman–Crippen MR) is 83.2 cm³/mol. The van der Waals surface area contributed by atoms with E-state index < -0.39 is 0 Å². The van der Waals surface area contributed by atoms with Gasteiger partial charge in [0.05, 0.1) is 11.7 Å². The van der Waals surface area contributed by atoms with Crippen LogP contribution in [0.4, 0.5) is 11.5 Å². The fourth-order valence-electron chi connectivity index (χ4n) is 2.96. The summed E-state index contributed by atoms with van der Waals surface area (Å²) in [4.78, 5) is 0. The van der Waals surface area contributed by atoms with Gasteiger partial charge in [0.1, 0.15) is 5.82 Å². The van der Waals surface area contributed by atoms with Crippen LogP contribution in [-0.4, -0.2) is 16.3 Å².